The van der Waals surface area contributed by atoms with Crippen LogP contribution in [0.15, 0.2) is 10.9 Å². The molecular weight excluding hydrogens is 406 g/mol. The van der Waals surface area contributed by atoms with Gasteiger partial charge in [0.25, 0.3) is 5.56 Å². The normalized spacial score (nSPS) is 25.6. The molecule has 32 heavy (non-hydrogen) atoms. The molecule has 0 spiro atoms. The molecule has 8 nitrogen and oxygen atoms in total. The van der Waals surface area contributed by atoms with Crippen LogP contribution in [0.1, 0.15) is 74.4 Å². The van der Waals surface area contributed by atoms with Crippen LogP contribution in [-0.2, 0) is 22.5 Å². The highest BCUT2D eigenvalue weighted by molar-refractivity contribution is 5.79. The summed E-state index contributed by atoms with van der Waals surface area (Å²) < 4.78 is 7.12. The van der Waals surface area contributed by atoms with Crippen molar-refractivity contribution in [2.45, 2.75) is 76.4 Å². The van der Waals surface area contributed by atoms with Crippen LogP contribution in [0.5, 0.6) is 0 Å². The van der Waals surface area contributed by atoms with Gasteiger partial charge in [0, 0.05) is 57.3 Å². The zero-order valence-corrected chi connectivity index (χ0v) is 18.7. The molecule has 3 aliphatic heterocycles. The summed E-state index contributed by atoms with van der Waals surface area (Å²) in [6.07, 6.45) is 9.20. The third-order valence-electron chi connectivity index (χ3n) is 8.12. The first-order chi connectivity index (χ1) is 15.7. The van der Waals surface area contributed by atoms with Gasteiger partial charge in [0.15, 0.2) is 5.65 Å². The van der Waals surface area contributed by atoms with E-state index in [0.717, 1.165) is 101 Å². The molecule has 0 radical (unpaired) electrons. The molecule has 2 aromatic heterocycles. The number of nitrogens with one attached hydrogen (secondary N) is 1. The smallest absolute Gasteiger partial charge is 0.277 e. The number of hydrogen-bond donors (Lipinski definition) is 1. The molecule has 6 rings (SSSR count). The molecule has 1 N–H and O–H groups in total. The van der Waals surface area contributed by atoms with E-state index in [0.29, 0.717) is 24.1 Å². The standard InChI is InChI=1S/C24H33N5O3/c30-23(16-4-1-2-5-16)28-10-3-6-21(28)20-14-22-25-19-7-11-27(17-8-12-32-13-9-17)15-18(19)24(31)29(22)26-20/h14,16-17,21,26H,1-13,15H2. The lowest BCUT2D eigenvalue weighted by molar-refractivity contribution is -0.136. The second-order valence-corrected chi connectivity index (χ2v) is 9.98. The Balaban J connectivity index is 1.28. The van der Waals surface area contributed by atoms with Gasteiger partial charge in [-0.3, -0.25) is 19.6 Å². The summed E-state index contributed by atoms with van der Waals surface area (Å²) in [5.41, 5.74) is 3.40. The van der Waals surface area contributed by atoms with Crippen LogP contribution in [0.2, 0.25) is 0 Å². The molecule has 5 heterocycles. The molecule has 0 aromatic carbocycles. The Bertz CT molecular complexity index is 1060. The number of aromatic amines is 1. The lowest BCUT2D eigenvalue weighted by atomic mass is 10.0. The van der Waals surface area contributed by atoms with Gasteiger partial charge in [-0.15, -0.1) is 0 Å². The lowest BCUT2D eigenvalue weighted by Crippen LogP contribution is -2.44. The molecule has 0 bridgehead atoms. The van der Waals surface area contributed by atoms with Crippen LogP contribution in [0.3, 0.4) is 0 Å². The van der Waals surface area contributed by atoms with Gasteiger partial charge in [-0.05, 0) is 38.5 Å². The zero-order valence-electron chi connectivity index (χ0n) is 18.7. The van der Waals surface area contributed by atoms with E-state index < -0.39 is 0 Å². The fourth-order valence-corrected chi connectivity index (χ4v) is 6.31. The van der Waals surface area contributed by atoms with Crippen molar-refractivity contribution in [1.82, 2.24) is 24.4 Å². The Kier molecular flexibility index (Phi) is 5.30. The first-order valence-corrected chi connectivity index (χ1v) is 12.4. The van der Waals surface area contributed by atoms with Gasteiger partial charge >= 0.3 is 0 Å². The molecule has 4 aliphatic rings. The summed E-state index contributed by atoms with van der Waals surface area (Å²) in [6.45, 7) is 4.04. The molecule has 8 heteroatoms. The minimum absolute atomic E-state index is 0.0136. The van der Waals surface area contributed by atoms with Crippen molar-refractivity contribution >= 4 is 11.6 Å². The molecular formula is C24H33N5O3. The predicted octanol–water partition coefficient (Wildman–Crippen LogP) is 2.41. The summed E-state index contributed by atoms with van der Waals surface area (Å²) in [7, 11) is 0. The minimum atomic E-state index is 0.0136. The summed E-state index contributed by atoms with van der Waals surface area (Å²) in [6, 6.07) is 2.52. The monoisotopic (exact) mass is 439 g/mol. The van der Waals surface area contributed by atoms with Gasteiger partial charge in [0.2, 0.25) is 5.91 Å². The van der Waals surface area contributed by atoms with Crippen LogP contribution in [0, 0.1) is 5.92 Å². The number of amides is 1. The van der Waals surface area contributed by atoms with E-state index >= 15 is 0 Å². The second kappa shape index (κ2) is 8.30. The maximum atomic E-state index is 13.4. The summed E-state index contributed by atoms with van der Waals surface area (Å²) in [5.74, 6) is 0.486. The van der Waals surface area contributed by atoms with Gasteiger partial charge in [0.1, 0.15) is 0 Å². The first-order valence-electron chi connectivity index (χ1n) is 12.4. The number of carbonyl (C=O) groups is 1. The number of aromatic nitrogens is 3. The maximum Gasteiger partial charge on any atom is 0.277 e. The Morgan fingerprint density at radius 1 is 1.06 bits per heavy atom. The van der Waals surface area contributed by atoms with E-state index in [1.54, 1.807) is 4.52 Å². The molecule has 1 saturated carbocycles. The largest absolute Gasteiger partial charge is 0.381 e. The lowest BCUT2D eigenvalue weighted by Gasteiger charge is -2.36. The summed E-state index contributed by atoms with van der Waals surface area (Å²) >= 11 is 0. The Morgan fingerprint density at radius 3 is 2.69 bits per heavy atom. The third kappa shape index (κ3) is 3.48. The Morgan fingerprint density at radius 2 is 1.88 bits per heavy atom. The number of likely N-dealkylation sites (tertiary alicyclic amines) is 1. The SMILES string of the molecule is O=C(C1CCCC1)N1CCCC1c1cc2nc3c(c(=O)n2[nH]1)CN(C1CCOCC1)CC3. The zero-order chi connectivity index (χ0) is 21.7. The van der Waals surface area contributed by atoms with Crippen molar-refractivity contribution in [2.24, 2.45) is 5.92 Å². The summed E-state index contributed by atoms with van der Waals surface area (Å²) in [4.78, 5) is 35.9. The fraction of sp³-hybridized carbons (Fsp3) is 0.708. The van der Waals surface area contributed by atoms with Crippen molar-refractivity contribution < 1.29 is 9.53 Å². The summed E-state index contributed by atoms with van der Waals surface area (Å²) in [5, 5.41) is 3.34. The molecule has 3 fully saturated rings. The first kappa shape index (κ1) is 20.4. The van der Waals surface area contributed by atoms with Crippen molar-refractivity contribution in [3.8, 4) is 0 Å². The van der Waals surface area contributed by atoms with Crippen molar-refractivity contribution in [2.75, 3.05) is 26.3 Å². The van der Waals surface area contributed by atoms with E-state index in [9.17, 15) is 9.59 Å². The van der Waals surface area contributed by atoms with E-state index in [2.05, 4.69) is 14.9 Å². The maximum absolute atomic E-state index is 13.4. The highest BCUT2D eigenvalue weighted by atomic mass is 16.5. The van der Waals surface area contributed by atoms with Gasteiger partial charge in [0.05, 0.1) is 23.0 Å². The fourth-order valence-electron chi connectivity index (χ4n) is 6.31. The number of rotatable bonds is 3. The quantitative estimate of drug-likeness (QED) is 0.794. The van der Waals surface area contributed by atoms with Crippen LogP contribution >= 0.6 is 0 Å². The number of ether oxygens (including phenoxy) is 1. The average molecular weight is 440 g/mol. The van der Waals surface area contributed by atoms with Crippen LogP contribution in [0.4, 0.5) is 0 Å². The van der Waals surface area contributed by atoms with E-state index in [1.807, 2.05) is 6.07 Å². The van der Waals surface area contributed by atoms with Gasteiger partial charge in [-0.2, -0.15) is 0 Å². The average Bonchev–Trinajstić information content (AvgIpc) is 3.59. The predicted molar refractivity (Wildman–Crippen MR) is 119 cm³/mol. The number of fused-ring (bicyclic) bond motifs is 2. The second-order valence-electron chi connectivity index (χ2n) is 9.98. The minimum Gasteiger partial charge on any atom is -0.381 e. The third-order valence-corrected chi connectivity index (χ3v) is 8.12. The molecule has 1 aliphatic carbocycles. The highest BCUT2D eigenvalue weighted by Crippen LogP contribution is 2.36. The number of hydrogen-bond acceptors (Lipinski definition) is 5. The number of nitrogens with zero attached hydrogens (tertiary/aromatic N) is 4. The van der Waals surface area contributed by atoms with Crippen LogP contribution < -0.4 is 5.56 Å². The van der Waals surface area contributed by atoms with Gasteiger partial charge in [-0.1, -0.05) is 12.8 Å². The molecule has 1 atom stereocenters. The van der Waals surface area contributed by atoms with E-state index in [-0.39, 0.29) is 17.5 Å². The number of carbonyl (C=O) groups excluding carboxylic acids is 1. The molecule has 2 saturated heterocycles. The van der Waals surface area contributed by atoms with Gasteiger partial charge in [-0.25, -0.2) is 9.50 Å². The molecule has 2 aromatic rings. The molecule has 1 unspecified atom stereocenters. The number of H-pyrrole nitrogens is 1. The molecule has 172 valence electrons. The van der Waals surface area contributed by atoms with Crippen molar-refractivity contribution in [1.29, 1.82) is 0 Å². The molecule has 1 amide bonds. The van der Waals surface area contributed by atoms with Crippen molar-refractivity contribution in [3.63, 3.8) is 0 Å². The van der Waals surface area contributed by atoms with Crippen molar-refractivity contribution in [3.05, 3.63) is 33.4 Å². The highest BCUT2D eigenvalue weighted by Gasteiger charge is 2.36. The van der Waals surface area contributed by atoms with E-state index in [1.165, 1.54) is 0 Å². The van der Waals surface area contributed by atoms with Gasteiger partial charge < -0.3 is 9.64 Å². The Hall–Kier alpha value is -2.19. The van der Waals surface area contributed by atoms with Crippen LogP contribution in [0.25, 0.3) is 5.65 Å². The van der Waals surface area contributed by atoms with E-state index in [4.69, 9.17) is 9.72 Å². The topological polar surface area (TPSA) is 82.9 Å². The van der Waals surface area contributed by atoms with Crippen LogP contribution in [-0.4, -0.2) is 62.7 Å². The Labute approximate surface area is 187 Å².